The Morgan fingerprint density at radius 3 is 2.75 bits per heavy atom. The van der Waals surface area contributed by atoms with E-state index in [1.54, 1.807) is 6.08 Å². The first-order valence-corrected chi connectivity index (χ1v) is 5.69. The maximum atomic E-state index is 11.5. The maximum Gasteiger partial charge on any atom is 0.170 e. The third kappa shape index (κ3) is 1.21. The molecule has 1 aliphatic carbocycles. The van der Waals surface area contributed by atoms with Crippen LogP contribution in [0.2, 0.25) is 0 Å². The van der Waals surface area contributed by atoms with Crippen LogP contribution in [0.25, 0.3) is 0 Å². The van der Waals surface area contributed by atoms with E-state index in [9.17, 15) is 8.42 Å². The molecule has 2 atom stereocenters. The second-order valence-corrected chi connectivity index (χ2v) is 5.32. The summed E-state index contributed by atoms with van der Waals surface area (Å²) in [6.07, 6.45) is 7.45. The fourth-order valence-electron chi connectivity index (χ4n) is 1.67. The van der Waals surface area contributed by atoms with Crippen LogP contribution in [0.15, 0.2) is 24.3 Å². The predicted octanol–water partition coefficient (Wildman–Crippen LogP) is 0.0727. The Kier molecular flexibility index (Phi) is 1.81. The van der Waals surface area contributed by atoms with Gasteiger partial charge in [-0.2, -0.15) is 0 Å². The molecule has 0 bridgehead atoms. The lowest BCUT2D eigenvalue weighted by atomic mass is 10.0. The third-order valence-electron chi connectivity index (χ3n) is 2.29. The van der Waals surface area contributed by atoms with Crippen LogP contribution in [0.5, 0.6) is 0 Å². The average Bonchev–Trinajstić information content (AvgIpc) is 2.04. The summed E-state index contributed by atoms with van der Waals surface area (Å²) in [6, 6.07) is 0. The summed E-state index contributed by atoms with van der Waals surface area (Å²) in [6.45, 7) is 0.769. The lowest BCUT2D eigenvalue weighted by Crippen LogP contribution is -2.46. The van der Waals surface area contributed by atoms with E-state index < -0.39 is 9.84 Å². The fraction of sp³-hybridized carbons (Fsp3) is 0.500. The largest absolute Gasteiger partial charge is 0.303 e. The molecule has 0 aromatic rings. The highest BCUT2D eigenvalue weighted by Crippen LogP contribution is 2.22. The molecule has 3 nitrogen and oxygen atoms in total. The molecule has 0 spiro atoms. The molecule has 1 saturated heterocycles. The molecule has 1 fully saturated rings. The van der Waals surface area contributed by atoms with Crippen molar-refractivity contribution >= 4 is 9.84 Å². The van der Waals surface area contributed by atoms with Crippen molar-refractivity contribution in [3.63, 3.8) is 0 Å². The van der Waals surface area contributed by atoms with Crippen molar-refractivity contribution < 1.29 is 8.42 Å². The second kappa shape index (κ2) is 2.71. The van der Waals surface area contributed by atoms with Gasteiger partial charge < -0.3 is 5.32 Å². The second-order valence-electron chi connectivity index (χ2n) is 3.16. The van der Waals surface area contributed by atoms with Crippen LogP contribution >= 0.6 is 0 Å². The zero-order valence-corrected chi connectivity index (χ0v) is 7.42. The minimum absolute atomic E-state index is 0.117. The first-order valence-electron chi connectivity index (χ1n) is 3.97. The van der Waals surface area contributed by atoms with Gasteiger partial charge in [-0.25, -0.2) is 8.42 Å². The Morgan fingerprint density at radius 2 is 2.00 bits per heavy atom. The summed E-state index contributed by atoms with van der Waals surface area (Å²) in [7, 11) is -2.93. The molecule has 2 aliphatic rings. The first-order chi connectivity index (χ1) is 5.70. The van der Waals surface area contributed by atoms with Gasteiger partial charge in [0.2, 0.25) is 0 Å². The van der Waals surface area contributed by atoms with E-state index in [4.69, 9.17) is 0 Å². The number of hydrogen-bond acceptors (Lipinski definition) is 3. The number of nitrogens with one attached hydrogen (secondary N) is 1. The summed E-state index contributed by atoms with van der Waals surface area (Å²) in [4.78, 5) is 0. The van der Waals surface area contributed by atoms with Gasteiger partial charge in [0.25, 0.3) is 0 Å². The highest BCUT2D eigenvalue weighted by Gasteiger charge is 2.34. The summed E-state index contributed by atoms with van der Waals surface area (Å²) < 4.78 is 22.9. The highest BCUT2D eigenvalue weighted by atomic mass is 32.2. The normalized spacial score (nSPS) is 37.7. The van der Waals surface area contributed by atoms with Crippen LogP contribution in [0, 0.1) is 5.92 Å². The van der Waals surface area contributed by atoms with Gasteiger partial charge in [-0.15, -0.1) is 0 Å². The van der Waals surface area contributed by atoms with Gasteiger partial charge in [-0.3, -0.25) is 0 Å². The van der Waals surface area contributed by atoms with E-state index in [2.05, 4.69) is 5.32 Å². The molecule has 4 heteroatoms. The number of hydrogen-bond donors (Lipinski definition) is 1. The van der Waals surface area contributed by atoms with Gasteiger partial charge in [0.1, 0.15) is 0 Å². The Labute approximate surface area is 72.1 Å². The van der Waals surface area contributed by atoms with Crippen molar-refractivity contribution in [1.29, 1.82) is 0 Å². The van der Waals surface area contributed by atoms with Gasteiger partial charge in [0.05, 0.1) is 11.1 Å². The first kappa shape index (κ1) is 8.01. The van der Waals surface area contributed by atoms with E-state index in [0.29, 0.717) is 0 Å². The molecule has 0 aromatic carbocycles. The Hall–Kier alpha value is -0.610. The molecule has 2 rings (SSSR count). The molecule has 0 radical (unpaired) electrons. The molecular formula is C8H11NO2S. The van der Waals surface area contributed by atoms with Crippen LogP contribution in [0.1, 0.15) is 0 Å². The SMILES string of the molecule is O=S1(=O)CNCC2C=CC=C[C@H]21. The molecule has 0 aromatic heterocycles. The van der Waals surface area contributed by atoms with Crippen molar-refractivity contribution in [1.82, 2.24) is 5.32 Å². The summed E-state index contributed by atoms with van der Waals surface area (Å²) in [5, 5.41) is 2.61. The molecule has 66 valence electrons. The fourth-order valence-corrected chi connectivity index (χ4v) is 3.31. The number of allylic oxidation sites excluding steroid dienone is 2. The standard InChI is InChI=1S/C8H11NO2S/c10-12(11)6-9-5-7-3-1-2-4-8(7)12/h1-4,7-9H,5-6H2/t7?,8-/m1/s1. The van der Waals surface area contributed by atoms with Crippen molar-refractivity contribution in [3.05, 3.63) is 24.3 Å². The van der Waals surface area contributed by atoms with Crippen molar-refractivity contribution in [2.45, 2.75) is 5.25 Å². The average molecular weight is 185 g/mol. The zero-order chi connectivity index (χ0) is 8.60. The van der Waals surface area contributed by atoms with Crippen molar-refractivity contribution in [2.24, 2.45) is 5.92 Å². The van der Waals surface area contributed by atoms with Gasteiger partial charge in [0, 0.05) is 12.5 Å². The van der Waals surface area contributed by atoms with E-state index in [1.165, 1.54) is 0 Å². The van der Waals surface area contributed by atoms with Crippen molar-refractivity contribution in [3.8, 4) is 0 Å². The Bertz CT molecular complexity index is 329. The number of sulfone groups is 1. The summed E-state index contributed by atoms with van der Waals surface area (Å²) in [5.74, 6) is 0.251. The number of rotatable bonds is 0. The molecular weight excluding hydrogens is 174 g/mol. The summed E-state index contributed by atoms with van der Waals surface area (Å²) in [5.41, 5.74) is 0. The Balaban J connectivity index is 2.35. The molecule has 0 saturated carbocycles. The van der Waals surface area contributed by atoms with Crippen molar-refractivity contribution in [2.75, 3.05) is 12.4 Å². The minimum Gasteiger partial charge on any atom is -0.303 e. The molecule has 1 unspecified atom stereocenters. The van der Waals surface area contributed by atoms with E-state index in [0.717, 1.165) is 6.54 Å². The minimum atomic E-state index is -2.93. The molecule has 1 heterocycles. The van der Waals surface area contributed by atoms with Gasteiger partial charge in [-0.05, 0) is 0 Å². The smallest absolute Gasteiger partial charge is 0.170 e. The molecule has 0 amide bonds. The van der Waals surface area contributed by atoms with Gasteiger partial charge in [-0.1, -0.05) is 24.3 Å². The predicted molar refractivity (Wildman–Crippen MR) is 47.3 cm³/mol. The van der Waals surface area contributed by atoms with Gasteiger partial charge in [0.15, 0.2) is 9.84 Å². The molecule has 12 heavy (non-hydrogen) atoms. The topological polar surface area (TPSA) is 46.2 Å². The zero-order valence-electron chi connectivity index (χ0n) is 6.60. The maximum absolute atomic E-state index is 11.5. The van der Waals surface area contributed by atoms with Crippen LogP contribution < -0.4 is 5.32 Å². The monoisotopic (exact) mass is 185 g/mol. The molecule has 1 N–H and O–H groups in total. The van der Waals surface area contributed by atoms with Crippen LogP contribution in [-0.4, -0.2) is 26.1 Å². The van der Waals surface area contributed by atoms with Crippen LogP contribution in [0.3, 0.4) is 0 Å². The van der Waals surface area contributed by atoms with E-state index >= 15 is 0 Å². The number of fused-ring (bicyclic) bond motifs is 1. The van der Waals surface area contributed by atoms with Crippen LogP contribution in [0.4, 0.5) is 0 Å². The highest BCUT2D eigenvalue weighted by molar-refractivity contribution is 7.92. The summed E-state index contributed by atoms with van der Waals surface area (Å²) >= 11 is 0. The lowest BCUT2D eigenvalue weighted by Gasteiger charge is -2.29. The van der Waals surface area contributed by atoms with Crippen LogP contribution in [-0.2, 0) is 9.84 Å². The van der Waals surface area contributed by atoms with Gasteiger partial charge >= 0.3 is 0 Å². The quantitative estimate of drug-likeness (QED) is 0.581. The lowest BCUT2D eigenvalue weighted by molar-refractivity contribution is 0.508. The van der Waals surface area contributed by atoms with E-state index in [-0.39, 0.29) is 17.0 Å². The third-order valence-corrected chi connectivity index (χ3v) is 4.23. The molecule has 1 aliphatic heterocycles. The van der Waals surface area contributed by atoms with E-state index in [1.807, 2.05) is 18.2 Å². The Morgan fingerprint density at radius 1 is 1.25 bits per heavy atom.